The first-order chi connectivity index (χ1) is 7.38. The molecule has 1 rings (SSSR count). The van der Waals surface area contributed by atoms with E-state index >= 15 is 0 Å². The highest BCUT2D eigenvalue weighted by Crippen LogP contribution is 2.45. The predicted molar refractivity (Wildman–Crippen MR) is 55.9 cm³/mol. The number of carboxylic acid groups (broad SMARTS) is 1. The molecule has 6 nitrogen and oxygen atoms in total. The van der Waals surface area contributed by atoms with Crippen LogP contribution in [-0.4, -0.2) is 31.3 Å². The topological polar surface area (TPSA) is 107 Å². The number of hydrogen-bond donors (Lipinski definition) is 2. The highest BCUT2D eigenvalue weighted by Gasteiger charge is 2.50. The zero-order valence-corrected chi connectivity index (χ0v) is 9.75. The van der Waals surface area contributed by atoms with Gasteiger partial charge in [-0.1, -0.05) is 6.92 Å². The number of nitriles is 1. The van der Waals surface area contributed by atoms with Crippen molar-refractivity contribution in [2.75, 3.05) is 6.54 Å². The number of carbonyl (C=O) groups is 1. The number of hydrogen-bond acceptors (Lipinski definition) is 4. The Bertz CT molecular complexity index is 419. The number of nitrogens with one attached hydrogen (secondary N) is 1. The standard InChI is InChI=1S/C9H14N2O4S/c1-2-7(5-10)16(14,15)11-6-9(3-4-9)8(12)13/h7,11H,2-4,6H2,1H3,(H,12,13). The minimum Gasteiger partial charge on any atom is -0.481 e. The first-order valence-electron chi connectivity index (χ1n) is 4.99. The summed E-state index contributed by atoms with van der Waals surface area (Å²) in [7, 11) is -3.72. The maximum absolute atomic E-state index is 11.6. The van der Waals surface area contributed by atoms with Gasteiger partial charge in [0.1, 0.15) is 0 Å². The Balaban J connectivity index is 2.62. The van der Waals surface area contributed by atoms with Crippen molar-refractivity contribution in [3.05, 3.63) is 0 Å². The summed E-state index contributed by atoms with van der Waals surface area (Å²) < 4.78 is 25.3. The molecule has 0 bridgehead atoms. The third kappa shape index (κ3) is 2.51. The van der Waals surface area contributed by atoms with Crippen LogP contribution in [0.2, 0.25) is 0 Å². The van der Waals surface area contributed by atoms with E-state index in [4.69, 9.17) is 10.4 Å². The van der Waals surface area contributed by atoms with E-state index in [1.807, 2.05) is 0 Å². The molecule has 1 fully saturated rings. The molecule has 1 aliphatic rings. The molecule has 1 atom stereocenters. The number of nitrogens with zero attached hydrogens (tertiary/aromatic N) is 1. The lowest BCUT2D eigenvalue weighted by Gasteiger charge is -2.13. The molecule has 16 heavy (non-hydrogen) atoms. The molecule has 0 amide bonds. The largest absolute Gasteiger partial charge is 0.481 e. The fourth-order valence-electron chi connectivity index (χ4n) is 1.34. The van der Waals surface area contributed by atoms with Crippen LogP contribution in [0.3, 0.4) is 0 Å². The van der Waals surface area contributed by atoms with E-state index in [0.717, 1.165) is 0 Å². The molecule has 1 saturated carbocycles. The Morgan fingerprint density at radius 3 is 2.50 bits per heavy atom. The van der Waals surface area contributed by atoms with Crippen LogP contribution >= 0.6 is 0 Å². The monoisotopic (exact) mass is 246 g/mol. The molecule has 0 aliphatic heterocycles. The molecule has 0 heterocycles. The van der Waals surface area contributed by atoms with Gasteiger partial charge in [0.25, 0.3) is 0 Å². The average molecular weight is 246 g/mol. The zero-order valence-electron chi connectivity index (χ0n) is 8.93. The second-order valence-electron chi connectivity index (χ2n) is 3.98. The SMILES string of the molecule is CCC(C#N)S(=O)(=O)NCC1(C(=O)O)CC1. The first kappa shape index (κ1) is 12.9. The molecule has 1 aliphatic carbocycles. The Labute approximate surface area is 94.3 Å². The van der Waals surface area contributed by atoms with Crippen LogP contribution in [0.1, 0.15) is 26.2 Å². The molecule has 0 saturated heterocycles. The predicted octanol–water partition coefficient (Wildman–Crippen LogP) is 0.0728. The Morgan fingerprint density at radius 2 is 2.19 bits per heavy atom. The minimum absolute atomic E-state index is 0.122. The summed E-state index contributed by atoms with van der Waals surface area (Å²) in [6.07, 6.45) is 1.15. The van der Waals surface area contributed by atoms with Crippen LogP contribution in [0.25, 0.3) is 0 Å². The van der Waals surface area contributed by atoms with Gasteiger partial charge in [-0.25, -0.2) is 13.1 Å². The van der Waals surface area contributed by atoms with Gasteiger partial charge in [-0.15, -0.1) is 0 Å². The lowest BCUT2D eigenvalue weighted by molar-refractivity contribution is -0.143. The van der Waals surface area contributed by atoms with Gasteiger partial charge in [0, 0.05) is 6.54 Å². The van der Waals surface area contributed by atoms with Crippen molar-refractivity contribution in [2.24, 2.45) is 5.41 Å². The molecular formula is C9H14N2O4S. The summed E-state index contributed by atoms with van der Waals surface area (Å²) in [5.74, 6) is -0.986. The van der Waals surface area contributed by atoms with E-state index in [-0.39, 0.29) is 13.0 Å². The van der Waals surface area contributed by atoms with E-state index in [2.05, 4.69) is 4.72 Å². The molecule has 0 aromatic heterocycles. The van der Waals surface area contributed by atoms with Crippen LogP contribution in [0.15, 0.2) is 0 Å². The van der Waals surface area contributed by atoms with Crippen LogP contribution in [0.5, 0.6) is 0 Å². The van der Waals surface area contributed by atoms with E-state index in [9.17, 15) is 13.2 Å². The Kier molecular flexibility index (Phi) is 3.55. The summed E-state index contributed by atoms with van der Waals surface area (Å²) in [4.78, 5) is 10.8. The summed E-state index contributed by atoms with van der Waals surface area (Å²) in [6, 6.07) is 1.68. The fourth-order valence-corrected chi connectivity index (χ4v) is 2.59. The second-order valence-corrected chi connectivity index (χ2v) is 5.93. The van der Waals surface area contributed by atoms with E-state index in [1.54, 1.807) is 13.0 Å². The maximum atomic E-state index is 11.6. The van der Waals surface area contributed by atoms with Crippen molar-refractivity contribution in [3.63, 3.8) is 0 Å². The summed E-state index contributed by atoms with van der Waals surface area (Å²) >= 11 is 0. The van der Waals surface area contributed by atoms with Gasteiger partial charge < -0.3 is 5.11 Å². The fraction of sp³-hybridized carbons (Fsp3) is 0.778. The molecule has 0 aromatic rings. The minimum atomic E-state index is -3.72. The number of aliphatic carboxylic acids is 1. The van der Waals surface area contributed by atoms with Crippen molar-refractivity contribution >= 4 is 16.0 Å². The second kappa shape index (κ2) is 4.39. The van der Waals surface area contributed by atoms with E-state index in [0.29, 0.717) is 12.8 Å². The number of carboxylic acids is 1. The highest BCUT2D eigenvalue weighted by molar-refractivity contribution is 7.90. The van der Waals surface area contributed by atoms with Crippen molar-refractivity contribution in [1.82, 2.24) is 4.72 Å². The summed E-state index contributed by atoms with van der Waals surface area (Å²) in [5, 5.41) is 16.4. The van der Waals surface area contributed by atoms with E-state index in [1.165, 1.54) is 0 Å². The zero-order chi connectivity index (χ0) is 12.4. The Morgan fingerprint density at radius 1 is 1.62 bits per heavy atom. The molecular weight excluding hydrogens is 232 g/mol. The molecule has 0 aromatic carbocycles. The number of sulfonamides is 1. The highest BCUT2D eigenvalue weighted by atomic mass is 32.2. The molecule has 0 radical (unpaired) electrons. The molecule has 2 N–H and O–H groups in total. The van der Waals surface area contributed by atoms with E-state index < -0.39 is 26.7 Å². The molecule has 90 valence electrons. The summed E-state index contributed by atoms with van der Waals surface area (Å²) in [6.45, 7) is 1.47. The lowest BCUT2D eigenvalue weighted by atomic mass is 10.1. The normalized spacial score (nSPS) is 19.8. The lowest BCUT2D eigenvalue weighted by Crippen LogP contribution is -2.39. The Hall–Kier alpha value is -1.13. The van der Waals surface area contributed by atoms with Gasteiger partial charge in [-0.2, -0.15) is 5.26 Å². The van der Waals surface area contributed by atoms with Gasteiger partial charge in [-0.05, 0) is 19.3 Å². The van der Waals surface area contributed by atoms with Crippen molar-refractivity contribution < 1.29 is 18.3 Å². The van der Waals surface area contributed by atoms with Crippen LogP contribution in [0.4, 0.5) is 0 Å². The van der Waals surface area contributed by atoms with Gasteiger partial charge in [0.2, 0.25) is 10.0 Å². The summed E-state index contributed by atoms with van der Waals surface area (Å²) in [5.41, 5.74) is -0.944. The first-order valence-corrected chi connectivity index (χ1v) is 6.54. The average Bonchev–Trinajstić information content (AvgIpc) is 2.97. The third-order valence-corrected chi connectivity index (χ3v) is 4.54. The molecule has 1 unspecified atom stereocenters. The van der Waals surface area contributed by atoms with Crippen molar-refractivity contribution in [1.29, 1.82) is 5.26 Å². The van der Waals surface area contributed by atoms with Gasteiger partial charge in [0.15, 0.2) is 5.25 Å². The van der Waals surface area contributed by atoms with Gasteiger partial charge in [-0.3, -0.25) is 4.79 Å². The maximum Gasteiger partial charge on any atom is 0.310 e. The smallest absolute Gasteiger partial charge is 0.310 e. The molecule has 7 heteroatoms. The quantitative estimate of drug-likeness (QED) is 0.689. The molecule has 0 spiro atoms. The third-order valence-electron chi connectivity index (χ3n) is 2.81. The van der Waals surface area contributed by atoms with Crippen LogP contribution in [0, 0.1) is 16.7 Å². The van der Waals surface area contributed by atoms with Crippen LogP contribution < -0.4 is 4.72 Å². The van der Waals surface area contributed by atoms with Crippen molar-refractivity contribution in [2.45, 2.75) is 31.4 Å². The van der Waals surface area contributed by atoms with Gasteiger partial charge in [0.05, 0.1) is 11.5 Å². The van der Waals surface area contributed by atoms with Crippen LogP contribution in [-0.2, 0) is 14.8 Å². The number of rotatable bonds is 6. The van der Waals surface area contributed by atoms with Gasteiger partial charge >= 0.3 is 5.97 Å². The van der Waals surface area contributed by atoms with Crippen molar-refractivity contribution in [3.8, 4) is 6.07 Å².